The van der Waals surface area contributed by atoms with Gasteiger partial charge >= 0.3 is 0 Å². The molecule has 2 aromatic rings. The molecule has 21 heavy (non-hydrogen) atoms. The molecule has 0 bridgehead atoms. The Labute approximate surface area is 127 Å². The van der Waals surface area contributed by atoms with Crippen molar-refractivity contribution in [3.63, 3.8) is 0 Å². The SMILES string of the molecule is O=C(Nc1ncc(Cl)cc1Cl)c1ccc(F)cc1[N+](=O)[O-]. The van der Waals surface area contributed by atoms with Gasteiger partial charge in [0.1, 0.15) is 11.4 Å². The predicted octanol–water partition coefficient (Wildman–Crippen LogP) is 3.69. The highest BCUT2D eigenvalue weighted by molar-refractivity contribution is 6.36. The zero-order valence-corrected chi connectivity index (χ0v) is 11.7. The molecule has 0 spiro atoms. The first-order valence-electron chi connectivity index (χ1n) is 5.45. The molecular weight excluding hydrogens is 324 g/mol. The second-order valence-electron chi connectivity index (χ2n) is 3.86. The second-order valence-corrected chi connectivity index (χ2v) is 4.70. The minimum absolute atomic E-state index is 0.00955. The molecule has 1 amide bonds. The van der Waals surface area contributed by atoms with Crippen LogP contribution < -0.4 is 5.32 Å². The Morgan fingerprint density at radius 2 is 2.05 bits per heavy atom. The number of amides is 1. The zero-order chi connectivity index (χ0) is 15.6. The van der Waals surface area contributed by atoms with E-state index in [0.29, 0.717) is 6.07 Å². The van der Waals surface area contributed by atoms with Crippen LogP contribution >= 0.6 is 23.2 Å². The summed E-state index contributed by atoms with van der Waals surface area (Å²) in [6.45, 7) is 0. The molecule has 0 fully saturated rings. The number of hydrogen-bond donors (Lipinski definition) is 1. The van der Waals surface area contributed by atoms with Gasteiger partial charge in [-0.3, -0.25) is 14.9 Å². The second kappa shape index (κ2) is 6.02. The van der Waals surface area contributed by atoms with Crippen molar-refractivity contribution in [3.8, 4) is 0 Å². The van der Waals surface area contributed by atoms with Gasteiger partial charge in [-0.1, -0.05) is 23.2 Å². The van der Waals surface area contributed by atoms with Crippen LogP contribution in [0.3, 0.4) is 0 Å². The van der Waals surface area contributed by atoms with E-state index in [-0.39, 0.29) is 21.4 Å². The van der Waals surface area contributed by atoms with Crippen LogP contribution in [0.5, 0.6) is 0 Å². The van der Waals surface area contributed by atoms with Crippen LogP contribution in [0, 0.1) is 15.9 Å². The average Bonchev–Trinajstić information content (AvgIpc) is 2.41. The molecule has 1 heterocycles. The summed E-state index contributed by atoms with van der Waals surface area (Å²) in [5.74, 6) is -1.66. The Bertz CT molecular complexity index is 740. The maximum absolute atomic E-state index is 13.0. The van der Waals surface area contributed by atoms with Gasteiger partial charge in [-0.15, -0.1) is 0 Å². The van der Waals surface area contributed by atoms with Gasteiger partial charge in [0, 0.05) is 6.20 Å². The third-order valence-corrected chi connectivity index (χ3v) is 2.94. The van der Waals surface area contributed by atoms with E-state index in [0.717, 1.165) is 12.1 Å². The van der Waals surface area contributed by atoms with E-state index in [1.165, 1.54) is 12.3 Å². The average molecular weight is 330 g/mol. The Hall–Kier alpha value is -2.25. The van der Waals surface area contributed by atoms with Crippen LogP contribution in [0.25, 0.3) is 0 Å². The first kappa shape index (κ1) is 15.1. The number of anilines is 1. The Morgan fingerprint density at radius 1 is 1.33 bits per heavy atom. The fourth-order valence-corrected chi connectivity index (χ4v) is 1.96. The van der Waals surface area contributed by atoms with Crippen molar-refractivity contribution in [2.45, 2.75) is 0 Å². The molecule has 0 radical (unpaired) electrons. The van der Waals surface area contributed by atoms with Gasteiger partial charge in [0.05, 0.1) is 21.0 Å². The molecule has 1 N–H and O–H groups in total. The number of rotatable bonds is 3. The lowest BCUT2D eigenvalue weighted by molar-refractivity contribution is -0.385. The molecule has 9 heteroatoms. The van der Waals surface area contributed by atoms with Crippen molar-refractivity contribution in [1.29, 1.82) is 0 Å². The number of benzene rings is 1. The summed E-state index contributed by atoms with van der Waals surface area (Å²) in [5.41, 5.74) is -0.966. The van der Waals surface area contributed by atoms with Gasteiger partial charge in [-0.05, 0) is 18.2 Å². The lowest BCUT2D eigenvalue weighted by atomic mass is 10.1. The molecule has 6 nitrogen and oxygen atoms in total. The minimum atomic E-state index is -0.852. The number of halogens is 3. The molecule has 0 aliphatic heterocycles. The normalized spacial score (nSPS) is 10.2. The first-order chi connectivity index (χ1) is 9.88. The van der Waals surface area contributed by atoms with Gasteiger partial charge in [-0.2, -0.15) is 0 Å². The summed E-state index contributed by atoms with van der Waals surface area (Å²) in [4.78, 5) is 25.8. The number of nitrogens with one attached hydrogen (secondary N) is 1. The number of carbonyl (C=O) groups excluding carboxylic acids is 1. The highest BCUT2D eigenvalue weighted by Gasteiger charge is 2.22. The van der Waals surface area contributed by atoms with Crippen LogP contribution in [-0.4, -0.2) is 15.8 Å². The third kappa shape index (κ3) is 3.45. The minimum Gasteiger partial charge on any atom is -0.305 e. The largest absolute Gasteiger partial charge is 0.305 e. The summed E-state index contributed by atoms with van der Waals surface area (Å²) in [5, 5.41) is 13.5. The summed E-state index contributed by atoms with van der Waals surface area (Å²) in [6, 6.07) is 3.96. The Morgan fingerprint density at radius 3 is 2.67 bits per heavy atom. The topological polar surface area (TPSA) is 85.1 Å². The van der Waals surface area contributed by atoms with Gasteiger partial charge < -0.3 is 5.32 Å². The summed E-state index contributed by atoms with van der Waals surface area (Å²) >= 11 is 11.5. The van der Waals surface area contributed by atoms with Crippen LogP contribution in [0.4, 0.5) is 15.9 Å². The van der Waals surface area contributed by atoms with Crippen LogP contribution in [0.1, 0.15) is 10.4 Å². The van der Waals surface area contributed by atoms with Gasteiger partial charge in [-0.25, -0.2) is 9.37 Å². The van der Waals surface area contributed by atoms with Gasteiger partial charge in [0.15, 0.2) is 5.82 Å². The van der Waals surface area contributed by atoms with Gasteiger partial charge in [0.2, 0.25) is 0 Å². The van der Waals surface area contributed by atoms with Crippen molar-refractivity contribution in [3.05, 3.63) is 62.0 Å². The number of pyridine rings is 1. The fraction of sp³-hybridized carbons (Fsp3) is 0. The van der Waals surface area contributed by atoms with Crippen LogP contribution in [0.15, 0.2) is 30.5 Å². The first-order valence-corrected chi connectivity index (χ1v) is 6.20. The quantitative estimate of drug-likeness (QED) is 0.687. The molecular formula is C12H6Cl2FN3O3. The molecule has 0 aliphatic rings. The zero-order valence-electron chi connectivity index (χ0n) is 10.1. The number of nitrogens with zero attached hydrogens (tertiary/aromatic N) is 2. The third-order valence-electron chi connectivity index (χ3n) is 2.44. The fourth-order valence-electron chi connectivity index (χ4n) is 1.53. The smallest absolute Gasteiger partial charge is 0.285 e. The van der Waals surface area contributed by atoms with Crippen LogP contribution in [0.2, 0.25) is 10.0 Å². The van der Waals surface area contributed by atoms with E-state index in [1.54, 1.807) is 0 Å². The molecule has 0 atom stereocenters. The van der Waals surface area contributed by atoms with Crippen molar-refractivity contribution in [2.75, 3.05) is 5.32 Å². The van der Waals surface area contributed by atoms with E-state index in [1.807, 2.05) is 0 Å². The number of nitro groups is 1. The van der Waals surface area contributed by atoms with E-state index in [4.69, 9.17) is 23.2 Å². The lowest BCUT2D eigenvalue weighted by Gasteiger charge is -2.07. The summed E-state index contributed by atoms with van der Waals surface area (Å²) < 4.78 is 13.0. The lowest BCUT2D eigenvalue weighted by Crippen LogP contribution is -2.15. The standard InChI is InChI=1S/C12H6Cl2FN3O3/c13-6-3-9(14)11(16-5-6)17-12(19)8-2-1-7(15)4-10(8)18(20)21/h1-5H,(H,16,17,19). The molecule has 0 saturated carbocycles. The van der Waals surface area contributed by atoms with E-state index >= 15 is 0 Å². The van der Waals surface area contributed by atoms with E-state index in [2.05, 4.69) is 10.3 Å². The monoisotopic (exact) mass is 329 g/mol. The van der Waals surface area contributed by atoms with Crippen LogP contribution in [-0.2, 0) is 0 Å². The van der Waals surface area contributed by atoms with Crippen molar-refractivity contribution < 1.29 is 14.1 Å². The molecule has 1 aromatic carbocycles. The Balaban J connectivity index is 2.34. The maximum Gasteiger partial charge on any atom is 0.285 e. The van der Waals surface area contributed by atoms with Crippen molar-refractivity contribution >= 4 is 40.6 Å². The summed E-state index contributed by atoms with van der Waals surface area (Å²) in [6.07, 6.45) is 1.25. The number of nitro benzene ring substituents is 1. The van der Waals surface area contributed by atoms with Crippen molar-refractivity contribution in [2.24, 2.45) is 0 Å². The van der Waals surface area contributed by atoms with E-state index < -0.39 is 22.3 Å². The van der Waals surface area contributed by atoms with E-state index in [9.17, 15) is 19.3 Å². The number of carbonyl (C=O) groups is 1. The molecule has 0 unspecified atom stereocenters. The molecule has 0 saturated heterocycles. The molecule has 2 rings (SSSR count). The highest BCUT2D eigenvalue weighted by atomic mass is 35.5. The predicted molar refractivity (Wildman–Crippen MR) is 75.3 cm³/mol. The van der Waals surface area contributed by atoms with Crippen molar-refractivity contribution in [1.82, 2.24) is 4.98 Å². The summed E-state index contributed by atoms with van der Waals surface area (Å²) in [7, 11) is 0. The highest BCUT2D eigenvalue weighted by Crippen LogP contribution is 2.25. The molecule has 1 aromatic heterocycles. The number of aromatic nitrogens is 1. The molecule has 0 aliphatic carbocycles. The number of hydrogen-bond acceptors (Lipinski definition) is 4. The Kier molecular flexibility index (Phi) is 4.35. The van der Waals surface area contributed by atoms with Gasteiger partial charge in [0.25, 0.3) is 11.6 Å². The maximum atomic E-state index is 13.0. The molecule has 108 valence electrons.